The number of hydrogen-bond acceptors (Lipinski definition) is 2. The van der Waals surface area contributed by atoms with E-state index in [-0.39, 0.29) is 13.1 Å². The van der Waals surface area contributed by atoms with E-state index in [0.717, 1.165) is 12.1 Å². The number of rotatable bonds is 3. The summed E-state index contributed by atoms with van der Waals surface area (Å²) in [6.45, 7) is 3.67. The van der Waals surface area contributed by atoms with Crippen molar-refractivity contribution in [3.05, 3.63) is 34.9 Å². The molecule has 0 bridgehead atoms. The van der Waals surface area contributed by atoms with E-state index in [2.05, 4.69) is 5.32 Å². The van der Waals surface area contributed by atoms with E-state index < -0.39 is 29.2 Å². The number of nitrogens with zero attached hydrogens (tertiary/aromatic N) is 1. The summed E-state index contributed by atoms with van der Waals surface area (Å²) in [7, 11) is 0. The lowest BCUT2D eigenvalue weighted by Gasteiger charge is -2.21. The molecule has 1 aliphatic heterocycles. The van der Waals surface area contributed by atoms with Crippen molar-refractivity contribution in [2.75, 3.05) is 13.1 Å². The van der Waals surface area contributed by atoms with Gasteiger partial charge in [-0.2, -0.15) is 13.2 Å². The topological polar surface area (TPSA) is 69.6 Å². The number of hydrogen-bond donors (Lipinski definition) is 2. The highest BCUT2D eigenvalue weighted by Gasteiger charge is 2.42. The molecule has 2 rings (SSSR count). The molecule has 2 amide bonds. The van der Waals surface area contributed by atoms with Gasteiger partial charge in [0.1, 0.15) is 0 Å². The summed E-state index contributed by atoms with van der Waals surface area (Å²) in [5, 5.41) is 11.8. The normalized spacial score (nSPS) is 21.0. The quantitative estimate of drug-likeness (QED) is 0.886. The van der Waals surface area contributed by atoms with Crippen LogP contribution in [0.5, 0.6) is 0 Å². The van der Waals surface area contributed by atoms with Gasteiger partial charge in [-0.15, -0.1) is 0 Å². The second kappa shape index (κ2) is 6.33. The van der Waals surface area contributed by atoms with Crippen molar-refractivity contribution < 1.29 is 27.9 Å². The first-order chi connectivity index (χ1) is 11.0. The summed E-state index contributed by atoms with van der Waals surface area (Å²) >= 11 is 0. The highest BCUT2D eigenvalue weighted by molar-refractivity contribution is 5.79. The minimum atomic E-state index is -4.40. The Morgan fingerprint density at radius 1 is 1.38 bits per heavy atom. The van der Waals surface area contributed by atoms with Gasteiger partial charge in [0, 0.05) is 19.6 Å². The van der Waals surface area contributed by atoms with Gasteiger partial charge in [0.15, 0.2) is 0 Å². The first kappa shape index (κ1) is 18.1. The molecule has 1 atom stereocenters. The van der Waals surface area contributed by atoms with Gasteiger partial charge in [-0.3, -0.25) is 4.79 Å². The predicted molar refractivity (Wildman–Crippen MR) is 80.3 cm³/mol. The molecular formula is C16H19F3N2O3. The summed E-state index contributed by atoms with van der Waals surface area (Å²) in [6.07, 6.45) is -4.03. The van der Waals surface area contributed by atoms with Crippen molar-refractivity contribution in [1.29, 1.82) is 0 Å². The molecule has 0 aliphatic carbocycles. The Morgan fingerprint density at radius 3 is 2.54 bits per heavy atom. The van der Waals surface area contributed by atoms with Crippen LogP contribution >= 0.6 is 0 Å². The van der Waals surface area contributed by atoms with Gasteiger partial charge in [-0.25, -0.2) is 4.79 Å². The number of aryl methyl sites for hydroxylation is 1. The second-order valence-corrected chi connectivity index (χ2v) is 6.34. The predicted octanol–water partition coefficient (Wildman–Crippen LogP) is 3.02. The van der Waals surface area contributed by atoms with Gasteiger partial charge in [0.25, 0.3) is 0 Å². The van der Waals surface area contributed by atoms with Gasteiger partial charge in [-0.05, 0) is 43.5 Å². The maximum absolute atomic E-state index is 12.6. The van der Waals surface area contributed by atoms with Crippen molar-refractivity contribution in [2.24, 2.45) is 5.41 Å². The number of carboxylic acids is 1. The lowest BCUT2D eigenvalue weighted by Crippen LogP contribution is -2.40. The van der Waals surface area contributed by atoms with Crippen molar-refractivity contribution in [2.45, 2.75) is 33.0 Å². The number of alkyl halides is 3. The Balaban J connectivity index is 1.97. The molecule has 1 aliphatic rings. The van der Waals surface area contributed by atoms with E-state index in [1.165, 1.54) is 11.0 Å². The third-order valence-electron chi connectivity index (χ3n) is 4.38. The number of carbonyl (C=O) groups excluding carboxylic acids is 1. The molecule has 5 nitrogen and oxygen atoms in total. The number of aliphatic carboxylic acids is 1. The van der Waals surface area contributed by atoms with Crippen LogP contribution in [0.3, 0.4) is 0 Å². The zero-order valence-corrected chi connectivity index (χ0v) is 13.4. The van der Waals surface area contributed by atoms with Gasteiger partial charge in [0.2, 0.25) is 0 Å². The lowest BCUT2D eigenvalue weighted by molar-refractivity contribution is -0.147. The maximum atomic E-state index is 12.6. The third kappa shape index (κ3) is 3.80. The number of nitrogens with one attached hydrogen (secondary N) is 1. The molecule has 0 radical (unpaired) electrons. The van der Waals surface area contributed by atoms with E-state index in [4.69, 9.17) is 5.11 Å². The Labute approximate surface area is 137 Å². The van der Waals surface area contributed by atoms with E-state index >= 15 is 0 Å². The fourth-order valence-electron chi connectivity index (χ4n) is 2.66. The Morgan fingerprint density at radius 2 is 2.04 bits per heavy atom. The number of carbonyl (C=O) groups is 2. The Hall–Kier alpha value is -2.25. The summed E-state index contributed by atoms with van der Waals surface area (Å²) in [4.78, 5) is 24.7. The fourth-order valence-corrected chi connectivity index (χ4v) is 2.66. The minimum absolute atomic E-state index is 0.0864. The van der Waals surface area contributed by atoms with Gasteiger partial charge >= 0.3 is 18.2 Å². The first-order valence-corrected chi connectivity index (χ1v) is 7.46. The zero-order chi connectivity index (χ0) is 18.1. The Kier molecular flexibility index (Phi) is 4.77. The molecule has 24 heavy (non-hydrogen) atoms. The SMILES string of the molecule is Cc1cc(C(F)(F)F)ccc1CNC(=O)N1CCC(C)(C(=O)O)C1. The van der Waals surface area contributed by atoms with Crippen molar-refractivity contribution in [3.63, 3.8) is 0 Å². The summed E-state index contributed by atoms with van der Waals surface area (Å²) in [5.74, 6) is -0.948. The number of halogens is 3. The van der Waals surface area contributed by atoms with Crippen LogP contribution in [-0.2, 0) is 17.5 Å². The van der Waals surface area contributed by atoms with Gasteiger partial charge < -0.3 is 15.3 Å². The second-order valence-electron chi connectivity index (χ2n) is 6.34. The fraction of sp³-hybridized carbons (Fsp3) is 0.500. The molecule has 0 saturated carbocycles. The molecule has 2 N–H and O–H groups in total. The minimum Gasteiger partial charge on any atom is -0.481 e. The molecular weight excluding hydrogens is 325 g/mol. The van der Waals surface area contributed by atoms with Crippen molar-refractivity contribution in [3.8, 4) is 0 Å². The molecule has 1 unspecified atom stereocenters. The Bertz CT molecular complexity index is 660. The van der Waals surface area contributed by atoms with Gasteiger partial charge in [-0.1, -0.05) is 6.07 Å². The molecule has 1 fully saturated rings. The van der Waals surface area contributed by atoms with Crippen LogP contribution < -0.4 is 5.32 Å². The number of amides is 2. The number of benzene rings is 1. The molecule has 1 aromatic carbocycles. The number of likely N-dealkylation sites (tertiary alicyclic amines) is 1. The standard InChI is InChI=1S/C16H19F3N2O3/c1-10-7-12(16(17,18)19)4-3-11(10)8-20-14(24)21-6-5-15(2,9-21)13(22)23/h3-4,7H,5-6,8-9H2,1-2H3,(H,20,24)(H,22,23). The summed E-state index contributed by atoms with van der Waals surface area (Å²) in [6, 6.07) is 2.94. The molecule has 1 saturated heterocycles. The monoisotopic (exact) mass is 344 g/mol. The molecule has 132 valence electrons. The van der Waals surface area contributed by atoms with Crippen molar-refractivity contribution in [1.82, 2.24) is 10.2 Å². The van der Waals surface area contributed by atoms with Crippen LogP contribution in [0.15, 0.2) is 18.2 Å². The van der Waals surface area contributed by atoms with Crippen molar-refractivity contribution >= 4 is 12.0 Å². The van der Waals surface area contributed by atoms with E-state index in [0.29, 0.717) is 24.1 Å². The maximum Gasteiger partial charge on any atom is 0.416 e. The molecule has 1 aromatic rings. The van der Waals surface area contributed by atoms with E-state index in [1.54, 1.807) is 13.8 Å². The number of urea groups is 1. The van der Waals surface area contributed by atoms with Gasteiger partial charge in [0.05, 0.1) is 11.0 Å². The molecule has 8 heteroatoms. The smallest absolute Gasteiger partial charge is 0.416 e. The third-order valence-corrected chi connectivity index (χ3v) is 4.38. The van der Waals surface area contributed by atoms with Crippen LogP contribution in [-0.4, -0.2) is 35.1 Å². The highest BCUT2D eigenvalue weighted by atomic mass is 19.4. The zero-order valence-electron chi connectivity index (χ0n) is 13.4. The van der Waals surface area contributed by atoms with E-state index in [9.17, 15) is 22.8 Å². The summed E-state index contributed by atoms with van der Waals surface area (Å²) in [5.41, 5.74) is -0.674. The van der Waals surface area contributed by atoms with Crippen LogP contribution in [0.25, 0.3) is 0 Å². The first-order valence-electron chi connectivity index (χ1n) is 7.46. The average Bonchev–Trinajstić information content (AvgIpc) is 2.89. The van der Waals surface area contributed by atoms with Crippen LogP contribution in [0, 0.1) is 12.3 Å². The highest BCUT2D eigenvalue weighted by Crippen LogP contribution is 2.31. The van der Waals surface area contributed by atoms with Crippen LogP contribution in [0.2, 0.25) is 0 Å². The average molecular weight is 344 g/mol. The van der Waals surface area contributed by atoms with Crippen LogP contribution in [0.4, 0.5) is 18.0 Å². The largest absolute Gasteiger partial charge is 0.481 e. The molecule has 0 spiro atoms. The lowest BCUT2D eigenvalue weighted by atomic mass is 9.90. The van der Waals surface area contributed by atoms with E-state index in [1.807, 2.05) is 0 Å². The summed E-state index contributed by atoms with van der Waals surface area (Å²) < 4.78 is 37.9. The van der Waals surface area contributed by atoms with Crippen LogP contribution in [0.1, 0.15) is 30.0 Å². The number of carboxylic acid groups (broad SMARTS) is 1. The molecule has 1 heterocycles. The molecule has 0 aromatic heterocycles.